The molecule has 0 saturated heterocycles. The lowest BCUT2D eigenvalue weighted by atomic mass is 10.1. The third-order valence-electron chi connectivity index (χ3n) is 2.97. The summed E-state index contributed by atoms with van der Waals surface area (Å²) in [5, 5.41) is 3.51. The molecule has 1 N–H and O–H groups in total. The van der Waals surface area contributed by atoms with E-state index < -0.39 is 0 Å². The summed E-state index contributed by atoms with van der Waals surface area (Å²) in [5.41, 5.74) is 1.33. The van der Waals surface area contributed by atoms with Gasteiger partial charge in [-0.05, 0) is 49.4 Å². The van der Waals surface area contributed by atoms with E-state index in [9.17, 15) is 9.59 Å². The fourth-order valence-electron chi connectivity index (χ4n) is 1.83. The molecule has 0 fully saturated rings. The number of halogens is 1. The minimum absolute atomic E-state index is 0.01000. The summed E-state index contributed by atoms with van der Waals surface area (Å²) < 4.78 is 0. The van der Waals surface area contributed by atoms with Gasteiger partial charge >= 0.3 is 0 Å². The molecule has 0 aliphatic rings. The highest BCUT2D eigenvalue weighted by Crippen LogP contribution is 2.22. The molecular formula is C17H16ClNO2S. The molecule has 0 atom stereocenters. The van der Waals surface area contributed by atoms with E-state index in [1.165, 1.54) is 6.92 Å². The second-order valence-corrected chi connectivity index (χ2v) is 6.34. The summed E-state index contributed by atoms with van der Waals surface area (Å²) in [6.45, 7) is 1.51. The van der Waals surface area contributed by atoms with Crippen LogP contribution in [0, 0.1) is 0 Å². The maximum atomic E-state index is 11.9. The van der Waals surface area contributed by atoms with Crippen LogP contribution < -0.4 is 5.32 Å². The highest BCUT2D eigenvalue weighted by molar-refractivity contribution is 7.99. The van der Waals surface area contributed by atoms with E-state index in [-0.39, 0.29) is 11.7 Å². The number of Topliss-reactive ketones (excluding diaryl/α,β-unsaturated/α-hetero) is 1. The number of hydrogen-bond donors (Lipinski definition) is 1. The number of ketones is 1. The first-order valence-corrected chi connectivity index (χ1v) is 8.20. The Morgan fingerprint density at radius 1 is 1.14 bits per heavy atom. The first kappa shape index (κ1) is 16.6. The first-order chi connectivity index (χ1) is 10.5. The monoisotopic (exact) mass is 333 g/mol. The second-order valence-electron chi connectivity index (χ2n) is 4.74. The highest BCUT2D eigenvalue weighted by atomic mass is 35.5. The molecular weight excluding hydrogens is 318 g/mol. The molecule has 0 radical (unpaired) electrons. The Balaban J connectivity index is 1.79. The first-order valence-electron chi connectivity index (χ1n) is 6.84. The quantitative estimate of drug-likeness (QED) is 0.617. The fraction of sp³-hybridized carbons (Fsp3) is 0.176. The van der Waals surface area contributed by atoms with E-state index in [1.807, 2.05) is 24.3 Å². The number of hydrogen-bond acceptors (Lipinski definition) is 3. The third-order valence-corrected chi connectivity index (χ3v) is 4.20. The van der Waals surface area contributed by atoms with Gasteiger partial charge in [-0.15, -0.1) is 11.8 Å². The summed E-state index contributed by atoms with van der Waals surface area (Å²) in [6, 6.07) is 14.4. The van der Waals surface area contributed by atoms with Gasteiger partial charge in [-0.3, -0.25) is 9.59 Å². The van der Waals surface area contributed by atoms with Crippen molar-refractivity contribution in [3.8, 4) is 0 Å². The van der Waals surface area contributed by atoms with Crippen molar-refractivity contribution in [2.24, 2.45) is 0 Å². The molecule has 22 heavy (non-hydrogen) atoms. The smallest absolute Gasteiger partial charge is 0.225 e. The van der Waals surface area contributed by atoms with Crippen LogP contribution in [0.1, 0.15) is 23.7 Å². The Labute approximate surface area is 139 Å². The van der Waals surface area contributed by atoms with E-state index in [0.717, 1.165) is 4.90 Å². The van der Waals surface area contributed by atoms with Crippen LogP contribution in [-0.2, 0) is 4.79 Å². The van der Waals surface area contributed by atoms with Crippen LogP contribution >= 0.6 is 23.4 Å². The molecule has 3 nitrogen and oxygen atoms in total. The van der Waals surface area contributed by atoms with Crippen LogP contribution in [0.3, 0.4) is 0 Å². The Bertz CT molecular complexity index is 671. The zero-order chi connectivity index (χ0) is 15.9. The topological polar surface area (TPSA) is 46.2 Å². The summed E-state index contributed by atoms with van der Waals surface area (Å²) in [6.07, 6.45) is 0.408. The summed E-state index contributed by atoms with van der Waals surface area (Å²) in [7, 11) is 0. The van der Waals surface area contributed by atoms with Crippen LogP contribution in [-0.4, -0.2) is 17.4 Å². The number of rotatable bonds is 6. The van der Waals surface area contributed by atoms with Crippen LogP contribution in [0.4, 0.5) is 5.69 Å². The molecule has 0 saturated carbocycles. The van der Waals surface area contributed by atoms with Gasteiger partial charge in [0.05, 0.1) is 0 Å². The summed E-state index contributed by atoms with van der Waals surface area (Å²) in [4.78, 5) is 24.1. The zero-order valence-electron chi connectivity index (χ0n) is 12.1. The van der Waals surface area contributed by atoms with Crippen molar-refractivity contribution in [2.45, 2.75) is 18.2 Å². The SMILES string of the molecule is CC(=O)c1ccc(NC(=O)CCSc2cccc(Cl)c2)cc1. The van der Waals surface area contributed by atoms with Gasteiger partial charge in [-0.1, -0.05) is 17.7 Å². The van der Waals surface area contributed by atoms with Gasteiger partial charge in [-0.25, -0.2) is 0 Å². The molecule has 0 aromatic heterocycles. The molecule has 1 amide bonds. The largest absolute Gasteiger partial charge is 0.326 e. The van der Waals surface area contributed by atoms with Crippen LogP contribution in [0.5, 0.6) is 0 Å². The molecule has 0 heterocycles. The van der Waals surface area contributed by atoms with E-state index in [2.05, 4.69) is 5.32 Å². The minimum atomic E-state index is -0.0508. The number of benzene rings is 2. The molecule has 0 bridgehead atoms. The van der Waals surface area contributed by atoms with Gasteiger partial charge in [0.25, 0.3) is 0 Å². The molecule has 114 valence electrons. The van der Waals surface area contributed by atoms with Gasteiger partial charge in [0.2, 0.25) is 5.91 Å². The lowest BCUT2D eigenvalue weighted by Crippen LogP contribution is -2.12. The molecule has 0 aliphatic heterocycles. The Morgan fingerprint density at radius 3 is 2.50 bits per heavy atom. The van der Waals surface area contributed by atoms with Gasteiger partial charge in [0.15, 0.2) is 5.78 Å². The molecule has 0 aliphatic carbocycles. The lowest BCUT2D eigenvalue weighted by molar-refractivity contribution is -0.115. The van der Waals surface area contributed by atoms with Crippen molar-refractivity contribution < 1.29 is 9.59 Å². The predicted molar refractivity (Wildman–Crippen MR) is 91.9 cm³/mol. The lowest BCUT2D eigenvalue weighted by Gasteiger charge is -2.06. The van der Waals surface area contributed by atoms with E-state index >= 15 is 0 Å². The number of nitrogens with one attached hydrogen (secondary N) is 1. The number of amides is 1. The minimum Gasteiger partial charge on any atom is -0.326 e. The van der Waals surface area contributed by atoms with E-state index in [0.29, 0.717) is 28.4 Å². The van der Waals surface area contributed by atoms with Crippen molar-refractivity contribution >= 4 is 40.7 Å². The molecule has 0 spiro atoms. The number of anilines is 1. The van der Waals surface area contributed by atoms with E-state index in [1.54, 1.807) is 36.0 Å². The van der Waals surface area contributed by atoms with Gasteiger partial charge in [-0.2, -0.15) is 0 Å². The standard InChI is InChI=1S/C17H16ClNO2S/c1-12(20)13-5-7-15(8-6-13)19-17(21)9-10-22-16-4-2-3-14(18)11-16/h2-8,11H,9-10H2,1H3,(H,19,21). The molecule has 5 heteroatoms. The molecule has 2 rings (SSSR count). The van der Waals surface area contributed by atoms with Crippen LogP contribution in [0.25, 0.3) is 0 Å². The third kappa shape index (κ3) is 5.20. The predicted octanol–water partition coefficient (Wildman–Crippen LogP) is 4.66. The summed E-state index contributed by atoms with van der Waals surface area (Å²) in [5.74, 6) is 0.637. The maximum Gasteiger partial charge on any atom is 0.225 e. The Kier molecular flexibility index (Phi) is 6.04. The van der Waals surface area contributed by atoms with Gasteiger partial charge in [0, 0.05) is 33.3 Å². The van der Waals surface area contributed by atoms with Crippen molar-refractivity contribution in [3.05, 3.63) is 59.1 Å². The van der Waals surface area contributed by atoms with E-state index in [4.69, 9.17) is 11.6 Å². The summed E-state index contributed by atoms with van der Waals surface area (Å²) >= 11 is 7.50. The fourth-order valence-corrected chi connectivity index (χ4v) is 2.99. The van der Waals surface area contributed by atoms with Crippen molar-refractivity contribution in [2.75, 3.05) is 11.1 Å². The zero-order valence-corrected chi connectivity index (χ0v) is 13.7. The number of carbonyl (C=O) groups is 2. The highest BCUT2D eigenvalue weighted by Gasteiger charge is 2.04. The van der Waals surface area contributed by atoms with Gasteiger partial charge < -0.3 is 5.32 Å². The maximum absolute atomic E-state index is 11.9. The van der Waals surface area contributed by atoms with Crippen LogP contribution in [0.2, 0.25) is 5.02 Å². The normalized spacial score (nSPS) is 10.3. The number of thioether (sulfide) groups is 1. The second kappa shape index (κ2) is 8.01. The average Bonchev–Trinajstić information content (AvgIpc) is 2.48. The van der Waals surface area contributed by atoms with Crippen molar-refractivity contribution in [1.29, 1.82) is 0 Å². The number of carbonyl (C=O) groups excluding carboxylic acids is 2. The average molecular weight is 334 g/mol. The molecule has 0 unspecified atom stereocenters. The Morgan fingerprint density at radius 2 is 1.86 bits per heavy atom. The molecule has 2 aromatic rings. The van der Waals surface area contributed by atoms with Crippen LogP contribution in [0.15, 0.2) is 53.4 Å². The van der Waals surface area contributed by atoms with Crippen molar-refractivity contribution in [1.82, 2.24) is 0 Å². The molecule has 2 aromatic carbocycles. The Hall–Kier alpha value is -1.78. The van der Waals surface area contributed by atoms with Gasteiger partial charge in [0.1, 0.15) is 0 Å². The van der Waals surface area contributed by atoms with Crippen molar-refractivity contribution in [3.63, 3.8) is 0 Å².